The number of hydrogen-bond donors (Lipinski definition) is 4. The van der Waals surface area contributed by atoms with E-state index in [0.717, 1.165) is 11.1 Å². The van der Waals surface area contributed by atoms with Crippen molar-refractivity contribution >= 4 is 15.9 Å². The topological polar surface area (TPSA) is 131 Å². The Labute approximate surface area is 164 Å². The molecule has 0 fully saturated rings. The number of carbonyl (C=O) groups excluding carboxylic acids is 1. The monoisotopic (exact) mass is 407 g/mol. The van der Waals surface area contributed by atoms with Crippen LogP contribution in [0, 0.1) is 0 Å². The first kappa shape index (κ1) is 21.7. The van der Waals surface area contributed by atoms with Crippen LogP contribution in [-0.4, -0.2) is 32.6 Å². The standard InChI is InChI=1S/C19H25N3O5S/c1-13(2)15-8-7-14(17(11-15)27-12-19(24)22-20)9-10-21-28(25,26)18-6-4-3-5-16(18)23/h3-8,11,13,21,23H,9-10,12,20H2,1-2H3,(H,22,24). The summed E-state index contributed by atoms with van der Waals surface area (Å²) in [7, 11) is -3.85. The molecule has 0 aromatic heterocycles. The maximum Gasteiger partial charge on any atom is 0.271 e. The van der Waals surface area contributed by atoms with E-state index < -0.39 is 15.9 Å². The van der Waals surface area contributed by atoms with E-state index in [9.17, 15) is 18.3 Å². The van der Waals surface area contributed by atoms with E-state index in [1.54, 1.807) is 6.07 Å². The summed E-state index contributed by atoms with van der Waals surface area (Å²) in [5.41, 5.74) is 3.77. The predicted molar refractivity (Wildman–Crippen MR) is 105 cm³/mol. The van der Waals surface area contributed by atoms with Crippen LogP contribution in [0.4, 0.5) is 0 Å². The molecule has 8 nitrogen and oxygen atoms in total. The summed E-state index contributed by atoms with van der Waals surface area (Å²) in [5, 5.41) is 9.75. The molecule has 152 valence electrons. The highest BCUT2D eigenvalue weighted by Crippen LogP contribution is 2.26. The fourth-order valence-electron chi connectivity index (χ4n) is 2.54. The Morgan fingerprint density at radius 2 is 1.93 bits per heavy atom. The van der Waals surface area contributed by atoms with Gasteiger partial charge in [0.25, 0.3) is 5.91 Å². The normalized spacial score (nSPS) is 11.4. The summed E-state index contributed by atoms with van der Waals surface area (Å²) < 4.78 is 32.7. The van der Waals surface area contributed by atoms with Gasteiger partial charge < -0.3 is 9.84 Å². The van der Waals surface area contributed by atoms with Gasteiger partial charge in [-0.2, -0.15) is 0 Å². The zero-order valence-electron chi connectivity index (χ0n) is 15.8. The summed E-state index contributed by atoms with van der Waals surface area (Å²) in [4.78, 5) is 11.2. The Morgan fingerprint density at radius 1 is 1.21 bits per heavy atom. The van der Waals surface area contributed by atoms with Crippen molar-refractivity contribution < 1.29 is 23.1 Å². The fraction of sp³-hybridized carbons (Fsp3) is 0.316. The van der Waals surface area contributed by atoms with Crippen molar-refractivity contribution in [1.29, 1.82) is 0 Å². The Morgan fingerprint density at radius 3 is 2.57 bits per heavy atom. The molecule has 1 amide bonds. The number of ether oxygens (including phenoxy) is 1. The molecule has 0 heterocycles. The number of benzene rings is 2. The molecule has 0 aliphatic rings. The lowest BCUT2D eigenvalue weighted by molar-refractivity contribution is -0.123. The zero-order valence-corrected chi connectivity index (χ0v) is 16.6. The van der Waals surface area contributed by atoms with Crippen LogP contribution in [0.5, 0.6) is 11.5 Å². The van der Waals surface area contributed by atoms with Gasteiger partial charge in [-0.05, 0) is 41.7 Å². The van der Waals surface area contributed by atoms with Gasteiger partial charge in [-0.3, -0.25) is 10.2 Å². The summed E-state index contributed by atoms with van der Waals surface area (Å²) in [6.07, 6.45) is 0.338. The van der Waals surface area contributed by atoms with Crippen LogP contribution in [0.1, 0.15) is 30.9 Å². The van der Waals surface area contributed by atoms with E-state index >= 15 is 0 Å². The van der Waals surface area contributed by atoms with E-state index in [4.69, 9.17) is 10.6 Å². The smallest absolute Gasteiger partial charge is 0.271 e. The molecule has 0 saturated carbocycles. The van der Waals surface area contributed by atoms with E-state index in [0.29, 0.717) is 12.2 Å². The molecule has 0 saturated heterocycles. The first-order valence-corrected chi connectivity index (χ1v) is 10.3. The Hall–Kier alpha value is -2.62. The number of rotatable bonds is 9. The lowest BCUT2D eigenvalue weighted by Crippen LogP contribution is -2.34. The molecule has 2 aromatic carbocycles. The highest BCUT2D eigenvalue weighted by molar-refractivity contribution is 7.89. The number of para-hydroxylation sites is 1. The molecule has 0 unspecified atom stereocenters. The van der Waals surface area contributed by atoms with Gasteiger partial charge >= 0.3 is 0 Å². The highest BCUT2D eigenvalue weighted by atomic mass is 32.2. The molecule has 0 aliphatic carbocycles. The van der Waals surface area contributed by atoms with E-state index in [1.165, 1.54) is 18.2 Å². The van der Waals surface area contributed by atoms with Crippen molar-refractivity contribution in [3.63, 3.8) is 0 Å². The minimum Gasteiger partial charge on any atom is -0.507 e. The Balaban J connectivity index is 2.12. The van der Waals surface area contributed by atoms with E-state index in [2.05, 4.69) is 4.72 Å². The van der Waals surface area contributed by atoms with Crippen molar-refractivity contribution in [3.8, 4) is 11.5 Å². The molecular weight excluding hydrogens is 382 g/mol. The van der Waals surface area contributed by atoms with Gasteiger partial charge in [0, 0.05) is 6.54 Å². The molecule has 2 aromatic rings. The molecule has 9 heteroatoms. The van der Waals surface area contributed by atoms with Gasteiger partial charge in [-0.1, -0.05) is 38.1 Å². The summed E-state index contributed by atoms with van der Waals surface area (Å²) in [6.45, 7) is 3.92. The average Bonchev–Trinajstić information content (AvgIpc) is 2.66. The van der Waals surface area contributed by atoms with Crippen molar-refractivity contribution in [3.05, 3.63) is 53.6 Å². The molecule has 5 N–H and O–H groups in total. The van der Waals surface area contributed by atoms with Crippen LogP contribution in [0.3, 0.4) is 0 Å². The lowest BCUT2D eigenvalue weighted by Gasteiger charge is -2.15. The Bertz CT molecular complexity index is 929. The lowest BCUT2D eigenvalue weighted by atomic mass is 10.00. The van der Waals surface area contributed by atoms with Gasteiger partial charge in [0.15, 0.2) is 6.61 Å². The second-order valence-corrected chi connectivity index (χ2v) is 8.23. The first-order chi connectivity index (χ1) is 13.2. The van der Waals surface area contributed by atoms with Gasteiger partial charge in [-0.15, -0.1) is 0 Å². The minimum absolute atomic E-state index is 0.0944. The van der Waals surface area contributed by atoms with Crippen LogP contribution >= 0.6 is 0 Å². The number of nitrogens with one attached hydrogen (secondary N) is 2. The number of amides is 1. The SMILES string of the molecule is CC(C)c1ccc(CCNS(=O)(=O)c2ccccc2O)c(OCC(=O)NN)c1. The van der Waals surface area contributed by atoms with Crippen LogP contribution in [0.15, 0.2) is 47.4 Å². The minimum atomic E-state index is -3.85. The van der Waals surface area contributed by atoms with Crippen LogP contribution in [0.2, 0.25) is 0 Å². The van der Waals surface area contributed by atoms with Crippen molar-refractivity contribution in [2.75, 3.05) is 13.2 Å². The number of aromatic hydroxyl groups is 1. The van der Waals surface area contributed by atoms with Crippen molar-refractivity contribution in [2.24, 2.45) is 5.84 Å². The number of hydrogen-bond acceptors (Lipinski definition) is 6. The summed E-state index contributed by atoms with van der Waals surface area (Å²) in [6, 6.07) is 11.3. The fourth-order valence-corrected chi connectivity index (χ4v) is 3.67. The number of hydrazine groups is 1. The van der Waals surface area contributed by atoms with Gasteiger partial charge in [0.2, 0.25) is 10.0 Å². The first-order valence-electron chi connectivity index (χ1n) is 8.77. The number of phenols is 1. The zero-order chi connectivity index (χ0) is 20.7. The second kappa shape index (κ2) is 9.54. The average molecular weight is 407 g/mol. The molecule has 0 bridgehead atoms. The van der Waals surface area contributed by atoms with Crippen LogP contribution in [0.25, 0.3) is 0 Å². The third-order valence-electron chi connectivity index (χ3n) is 4.12. The molecule has 0 aliphatic heterocycles. The Kier molecular flexibility index (Phi) is 7.38. The number of sulfonamides is 1. The molecular formula is C19H25N3O5S. The quantitative estimate of drug-likeness (QED) is 0.282. The molecule has 28 heavy (non-hydrogen) atoms. The van der Waals surface area contributed by atoms with Gasteiger partial charge in [-0.25, -0.2) is 19.0 Å². The maximum atomic E-state index is 12.4. The third kappa shape index (κ3) is 5.69. The summed E-state index contributed by atoms with van der Waals surface area (Å²) in [5.74, 6) is 5.05. The van der Waals surface area contributed by atoms with Crippen molar-refractivity contribution in [2.45, 2.75) is 31.1 Å². The molecule has 2 rings (SSSR count). The predicted octanol–water partition coefficient (Wildman–Crippen LogP) is 1.41. The maximum absolute atomic E-state index is 12.4. The highest BCUT2D eigenvalue weighted by Gasteiger charge is 2.18. The molecule has 0 atom stereocenters. The van der Waals surface area contributed by atoms with Crippen LogP contribution in [-0.2, 0) is 21.2 Å². The summed E-state index contributed by atoms with van der Waals surface area (Å²) >= 11 is 0. The number of carbonyl (C=O) groups is 1. The van der Waals surface area contributed by atoms with E-state index in [1.807, 2.05) is 37.5 Å². The second-order valence-electron chi connectivity index (χ2n) is 6.49. The number of nitrogens with two attached hydrogens (primary N) is 1. The van der Waals surface area contributed by atoms with E-state index in [-0.39, 0.29) is 29.7 Å². The van der Waals surface area contributed by atoms with Crippen LogP contribution < -0.4 is 20.7 Å². The largest absolute Gasteiger partial charge is 0.507 e. The molecule has 0 spiro atoms. The van der Waals surface area contributed by atoms with Gasteiger partial charge in [0.05, 0.1) is 0 Å². The van der Waals surface area contributed by atoms with Gasteiger partial charge in [0.1, 0.15) is 16.4 Å². The molecule has 0 radical (unpaired) electrons. The van der Waals surface area contributed by atoms with Crippen molar-refractivity contribution in [1.82, 2.24) is 10.1 Å². The third-order valence-corrected chi connectivity index (χ3v) is 5.63. The number of phenolic OH excluding ortho intramolecular Hbond substituents is 1.